The maximum atomic E-state index is 11.6. The van der Waals surface area contributed by atoms with Crippen LogP contribution in [0.4, 0.5) is 0 Å². The molecule has 1 N–H and O–H groups in total. The van der Waals surface area contributed by atoms with E-state index in [1.54, 1.807) is 23.9 Å². The maximum absolute atomic E-state index is 11.6. The van der Waals surface area contributed by atoms with Gasteiger partial charge in [0.1, 0.15) is 6.61 Å². The molecule has 5 nitrogen and oxygen atoms in total. The second kappa shape index (κ2) is 7.50. The monoisotopic (exact) mass is 288 g/mol. The molecule has 0 spiro atoms. The third-order valence-corrected chi connectivity index (χ3v) is 3.10. The second-order valence-corrected chi connectivity index (χ2v) is 4.60. The molecule has 0 amide bonds. The zero-order chi connectivity index (χ0) is 15.1. The van der Waals surface area contributed by atoms with E-state index in [1.165, 1.54) is 6.07 Å². The van der Waals surface area contributed by atoms with Gasteiger partial charge in [-0.1, -0.05) is 12.1 Å². The van der Waals surface area contributed by atoms with Crippen molar-refractivity contribution in [1.29, 1.82) is 0 Å². The lowest BCUT2D eigenvalue weighted by molar-refractivity contribution is 0.278. The van der Waals surface area contributed by atoms with Crippen molar-refractivity contribution in [1.82, 2.24) is 9.88 Å². The van der Waals surface area contributed by atoms with E-state index in [9.17, 15) is 4.79 Å². The summed E-state index contributed by atoms with van der Waals surface area (Å²) >= 11 is 0. The molecule has 0 unspecified atom stereocenters. The van der Waals surface area contributed by atoms with Crippen LogP contribution in [0.25, 0.3) is 0 Å². The Morgan fingerprint density at radius 1 is 1.19 bits per heavy atom. The van der Waals surface area contributed by atoms with E-state index in [4.69, 9.17) is 9.47 Å². The maximum Gasteiger partial charge on any atom is 0.250 e. The third kappa shape index (κ3) is 4.10. The van der Waals surface area contributed by atoms with Crippen molar-refractivity contribution in [2.75, 3.05) is 20.8 Å². The van der Waals surface area contributed by atoms with E-state index in [0.717, 1.165) is 12.1 Å². The van der Waals surface area contributed by atoms with Crippen LogP contribution in [0, 0.1) is 0 Å². The molecule has 112 valence electrons. The molecule has 0 saturated heterocycles. The van der Waals surface area contributed by atoms with Crippen LogP contribution in [-0.4, -0.2) is 25.3 Å². The number of rotatable bonds is 7. The van der Waals surface area contributed by atoms with E-state index < -0.39 is 0 Å². The Morgan fingerprint density at radius 3 is 2.76 bits per heavy atom. The fourth-order valence-electron chi connectivity index (χ4n) is 2.04. The summed E-state index contributed by atoms with van der Waals surface area (Å²) in [7, 11) is 3.52. The molecule has 2 rings (SSSR count). The van der Waals surface area contributed by atoms with Crippen molar-refractivity contribution in [2.24, 2.45) is 0 Å². The predicted molar refractivity (Wildman–Crippen MR) is 82.0 cm³/mol. The van der Waals surface area contributed by atoms with Gasteiger partial charge in [0.25, 0.3) is 5.56 Å². The largest absolute Gasteiger partial charge is 0.493 e. The Bertz CT molecular complexity index is 637. The molecule has 1 heterocycles. The van der Waals surface area contributed by atoms with E-state index in [-0.39, 0.29) is 5.56 Å². The summed E-state index contributed by atoms with van der Waals surface area (Å²) in [5.74, 6) is 1.38. The highest BCUT2D eigenvalue weighted by atomic mass is 16.5. The fraction of sp³-hybridized carbons (Fsp3) is 0.312. The molecule has 0 aliphatic rings. The first-order valence-electron chi connectivity index (χ1n) is 6.84. The summed E-state index contributed by atoms with van der Waals surface area (Å²) in [5.41, 5.74) is 1.10. The van der Waals surface area contributed by atoms with E-state index in [2.05, 4.69) is 5.32 Å². The standard InChI is InChI=1S/C16H20N2O3/c1-17-12-13-6-7-14(15(11-13)20-2)21-10-9-18-8-4-3-5-16(18)19/h3-8,11,17H,9-10,12H2,1-2H3. The van der Waals surface area contributed by atoms with Gasteiger partial charge >= 0.3 is 0 Å². The number of pyridine rings is 1. The van der Waals surface area contributed by atoms with Gasteiger partial charge < -0.3 is 19.4 Å². The van der Waals surface area contributed by atoms with Crippen LogP contribution in [0.1, 0.15) is 5.56 Å². The summed E-state index contributed by atoms with van der Waals surface area (Å²) in [5, 5.41) is 3.09. The Morgan fingerprint density at radius 2 is 2.05 bits per heavy atom. The molecule has 21 heavy (non-hydrogen) atoms. The zero-order valence-electron chi connectivity index (χ0n) is 12.3. The van der Waals surface area contributed by atoms with Crippen LogP contribution < -0.4 is 20.3 Å². The number of hydrogen-bond donors (Lipinski definition) is 1. The van der Waals surface area contributed by atoms with Crippen LogP contribution in [0.15, 0.2) is 47.4 Å². The summed E-state index contributed by atoms with van der Waals surface area (Å²) in [6, 6.07) is 10.9. The van der Waals surface area contributed by atoms with Crippen molar-refractivity contribution in [3.8, 4) is 11.5 Å². The van der Waals surface area contributed by atoms with Gasteiger partial charge in [-0.25, -0.2) is 0 Å². The van der Waals surface area contributed by atoms with Gasteiger partial charge in [0.05, 0.1) is 13.7 Å². The molecule has 1 aromatic heterocycles. The first-order chi connectivity index (χ1) is 10.2. The molecule has 0 aliphatic carbocycles. The molecule has 2 aromatic rings. The number of aromatic nitrogens is 1. The quantitative estimate of drug-likeness (QED) is 0.842. The summed E-state index contributed by atoms with van der Waals surface area (Å²) < 4.78 is 12.7. The minimum Gasteiger partial charge on any atom is -0.493 e. The zero-order valence-corrected chi connectivity index (χ0v) is 12.3. The van der Waals surface area contributed by atoms with Crippen LogP contribution >= 0.6 is 0 Å². The molecule has 0 saturated carbocycles. The Kier molecular flexibility index (Phi) is 5.40. The first kappa shape index (κ1) is 15.1. The van der Waals surface area contributed by atoms with Gasteiger partial charge in [0.15, 0.2) is 11.5 Å². The van der Waals surface area contributed by atoms with Gasteiger partial charge in [0, 0.05) is 18.8 Å². The Hall–Kier alpha value is -2.27. The number of ether oxygens (including phenoxy) is 2. The summed E-state index contributed by atoms with van der Waals surface area (Å²) in [6.07, 6.45) is 1.75. The average Bonchev–Trinajstić information content (AvgIpc) is 2.50. The molecule has 5 heteroatoms. The smallest absolute Gasteiger partial charge is 0.250 e. The number of nitrogens with one attached hydrogen (secondary N) is 1. The molecule has 0 fully saturated rings. The number of hydrogen-bond acceptors (Lipinski definition) is 4. The summed E-state index contributed by atoms with van der Waals surface area (Å²) in [6.45, 7) is 1.68. The fourth-order valence-corrected chi connectivity index (χ4v) is 2.04. The lowest BCUT2D eigenvalue weighted by Gasteiger charge is -2.12. The van der Waals surface area contributed by atoms with Gasteiger partial charge in [0.2, 0.25) is 0 Å². The van der Waals surface area contributed by atoms with E-state index in [1.807, 2.05) is 31.3 Å². The van der Waals surface area contributed by atoms with Gasteiger partial charge in [-0.3, -0.25) is 4.79 Å². The second-order valence-electron chi connectivity index (χ2n) is 4.60. The average molecular weight is 288 g/mol. The molecule has 0 radical (unpaired) electrons. The Labute approximate surface area is 124 Å². The predicted octanol–water partition coefficient (Wildman–Crippen LogP) is 1.66. The van der Waals surface area contributed by atoms with Crippen molar-refractivity contribution >= 4 is 0 Å². The highest BCUT2D eigenvalue weighted by Crippen LogP contribution is 2.27. The molecule has 1 aromatic carbocycles. The summed E-state index contributed by atoms with van der Waals surface area (Å²) in [4.78, 5) is 11.6. The van der Waals surface area contributed by atoms with E-state index in [0.29, 0.717) is 24.7 Å². The van der Waals surface area contributed by atoms with Crippen LogP contribution in [-0.2, 0) is 13.1 Å². The van der Waals surface area contributed by atoms with Crippen LogP contribution in [0.3, 0.4) is 0 Å². The van der Waals surface area contributed by atoms with Crippen molar-refractivity contribution in [3.05, 3.63) is 58.5 Å². The molecule has 0 aliphatic heterocycles. The topological polar surface area (TPSA) is 52.5 Å². The molecule has 0 atom stereocenters. The molecular formula is C16H20N2O3. The van der Waals surface area contributed by atoms with Crippen molar-refractivity contribution in [3.63, 3.8) is 0 Å². The van der Waals surface area contributed by atoms with E-state index >= 15 is 0 Å². The SMILES string of the molecule is CNCc1ccc(OCCn2ccccc2=O)c(OC)c1. The number of benzene rings is 1. The van der Waals surface area contributed by atoms with Crippen molar-refractivity contribution in [2.45, 2.75) is 13.1 Å². The molecular weight excluding hydrogens is 268 g/mol. The van der Waals surface area contributed by atoms with Gasteiger partial charge in [-0.05, 0) is 30.8 Å². The van der Waals surface area contributed by atoms with Crippen LogP contribution in [0.2, 0.25) is 0 Å². The van der Waals surface area contributed by atoms with Crippen molar-refractivity contribution < 1.29 is 9.47 Å². The highest BCUT2D eigenvalue weighted by molar-refractivity contribution is 5.42. The molecule has 0 bridgehead atoms. The minimum absolute atomic E-state index is 0.0302. The van der Waals surface area contributed by atoms with Crippen LogP contribution in [0.5, 0.6) is 11.5 Å². The first-order valence-corrected chi connectivity index (χ1v) is 6.84. The minimum atomic E-state index is -0.0302. The lowest BCUT2D eigenvalue weighted by atomic mass is 10.2. The third-order valence-electron chi connectivity index (χ3n) is 3.10. The highest BCUT2D eigenvalue weighted by Gasteiger charge is 2.05. The Balaban J connectivity index is 2.00. The number of methoxy groups -OCH3 is 1. The van der Waals surface area contributed by atoms with Gasteiger partial charge in [-0.2, -0.15) is 0 Å². The lowest BCUT2D eigenvalue weighted by Crippen LogP contribution is -2.21. The van der Waals surface area contributed by atoms with Gasteiger partial charge in [-0.15, -0.1) is 0 Å². The number of nitrogens with zero attached hydrogens (tertiary/aromatic N) is 1. The normalized spacial score (nSPS) is 10.4.